The van der Waals surface area contributed by atoms with E-state index in [0.29, 0.717) is 0 Å². The molecule has 0 saturated heterocycles. The van der Waals surface area contributed by atoms with Crippen molar-refractivity contribution in [1.29, 1.82) is 0 Å². The molecule has 5 heteroatoms. The molecule has 128 valence electrons. The molecule has 0 aromatic carbocycles. The van der Waals surface area contributed by atoms with Crippen LogP contribution in [0.5, 0.6) is 0 Å². The molecule has 0 fully saturated rings. The minimum absolute atomic E-state index is 0.212. The van der Waals surface area contributed by atoms with Gasteiger partial charge in [-0.3, -0.25) is 0 Å². The van der Waals surface area contributed by atoms with Crippen LogP contribution in [-0.2, 0) is 9.22 Å². The molecule has 3 unspecified atom stereocenters. The molecule has 0 aliphatic carbocycles. The van der Waals surface area contributed by atoms with E-state index in [1.807, 2.05) is 7.05 Å². The third-order valence-electron chi connectivity index (χ3n) is 3.78. The summed E-state index contributed by atoms with van der Waals surface area (Å²) in [5, 5.41) is 3.21. The first-order valence-electron chi connectivity index (χ1n) is 8.60. The van der Waals surface area contributed by atoms with Gasteiger partial charge in [-0.1, -0.05) is 0 Å². The van der Waals surface area contributed by atoms with Crippen LogP contribution in [0.1, 0.15) is 67.2 Å². The van der Waals surface area contributed by atoms with Crippen molar-refractivity contribution < 1.29 is 9.22 Å². The summed E-state index contributed by atoms with van der Waals surface area (Å²) in [6.07, 6.45) is 4.68. The van der Waals surface area contributed by atoms with E-state index in [0.717, 1.165) is 36.7 Å². The quantitative estimate of drug-likeness (QED) is 0.369. The molecule has 0 saturated carbocycles. The molecule has 1 N–H and O–H groups in total. The first-order chi connectivity index (χ1) is 9.92. The Morgan fingerprint density at radius 3 is 1.48 bits per heavy atom. The maximum absolute atomic E-state index is 6.42. The van der Waals surface area contributed by atoms with Crippen LogP contribution in [0.3, 0.4) is 0 Å². The van der Waals surface area contributed by atoms with Crippen LogP contribution in [0.2, 0.25) is 4.44 Å². The third kappa shape index (κ3) is 9.39. The van der Waals surface area contributed by atoms with Gasteiger partial charge in [0.25, 0.3) is 0 Å². The van der Waals surface area contributed by atoms with E-state index >= 15 is 0 Å². The first kappa shape index (κ1) is 21.6. The summed E-state index contributed by atoms with van der Waals surface area (Å²) in [4.78, 5) is 0. The molecule has 0 amide bonds. The Labute approximate surface area is 137 Å². The Hall–Kier alpha value is 0.639. The molecule has 0 aliphatic heterocycles. The first-order valence-corrected chi connectivity index (χ1v) is 14.1. The van der Waals surface area contributed by atoms with Crippen molar-refractivity contribution in [1.82, 2.24) is 5.32 Å². The van der Waals surface area contributed by atoms with Gasteiger partial charge in [0.1, 0.15) is 0 Å². The summed E-state index contributed by atoms with van der Waals surface area (Å²) in [5.74, 6) is 0. The Balaban J connectivity index is 5.04. The Bertz CT molecular complexity index is 222. The predicted octanol–water partition coefficient (Wildman–Crippen LogP) is 3.98. The molecule has 0 bridgehead atoms. The van der Waals surface area contributed by atoms with Gasteiger partial charge >= 0.3 is 138 Å². The standard InChI is InChI=1S/C4H10N.3C4H9O.Sn/c1-3-4-5-2;3*1-3-4(2)5;/h5H,1,3-4H2,2H3;3*4H,3H2,1-2H3;/q;3*-1;+3. The Morgan fingerprint density at radius 1 is 0.810 bits per heavy atom. The van der Waals surface area contributed by atoms with Gasteiger partial charge in [-0.05, 0) is 0 Å². The minimum atomic E-state index is -3.50. The summed E-state index contributed by atoms with van der Waals surface area (Å²) >= 11 is -3.50. The zero-order chi connectivity index (χ0) is 16.3. The molecular formula is C16H37NO3Sn. The summed E-state index contributed by atoms with van der Waals surface area (Å²) in [7, 11) is 1.98. The average molecular weight is 410 g/mol. The van der Waals surface area contributed by atoms with Crippen LogP contribution < -0.4 is 5.32 Å². The van der Waals surface area contributed by atoms with E-state index < -0.39 is 19.6 Å². The fraction of sp³-hybridized carbons (Fsp3) is 1.00. The zero-order valence-electron chi connectivity index (χ0n) is 15.2. The molecule has 0 aromatic heterocycles. The van der Waals surface area contributed by atoms with Gasteiger partial charge < -0.3 is 0 Å². The van der Waals surface area contributed by atoms with Gasteiger partial charge in [0.15, 0.2) is 0 Å². The monoisotopic (exact) mass is 411 g/mol. The van der Waals surface area contributed by atoms with Gasteiger partial charge in [-0.25, -0.2) is 0 Å². The van der Waals surface area contributed by atoms with E-state index in [2.05, 4.69) is 46.9 Å². The third-order valence-corrected chi connectivity index (χ3v) is 13.1. The predicted molar refractivity (Wildman–Crippen MR) is 91.6 cm³/mol. The molecule has 4 nitrogen and oxygen atoms in total. The van der Waals surface area contributed by atoms with Crippen molar-refractivity contribution in [3.63, 3.8) is 0 Å². The van der Waals surface area contributed by atoms with E-state index in [9.17, 15) is 0 Å². The van der Waals surface area contributed by atoms with Crippen molar-refractivity contribution in [3.05, 3.63) is 0 Å². The number of hydrogen-bond donors (Lipinski definition) is 1. The van der Waals surface area contributed by atoms with Crippen LogP contribution >= 0.6 is 0 Å². The number of rotatable bonds is 13. The van der Waals surface area contributed by atoms with Crippen molar-refractivity contribution in [2.75, 3.05) is 13.6 Å². The number of nitrogens with one attached hydrogen (secondary N) is 1. The fourth-order valence-electron chi connectivity index (χ4n) is 1.91. The van der Waals surface area contributed by atoms with Crippen LogP contribution in [0.25, 0.3) is 0 Å². The average Bonchev–Trinajstić information content (AvgIpc) is 2.46. The van der Waals surface area contributed by atoms with Crippen molar-refractivity contribution in [2.24, 2.45) is 0 Å². The van der Waals surface area contributed by atoms with Crippen LogP contribution in [-0.4, -0.2) is 51.5 Å². The van der Waals surface area contributed by atoms with E-state index in [1.54, 1.807) is 0 Å². The molecule has 0 spiro atoms. The summed E-state index contributed by atoms with van der Waals surface area (Å²) < 4.78 is 20.2. The zero-order valence-corrected chi connectivity index (χ0v) is 18.1. The summed E-state index contributed by atoms with van der Waals surface area (Å²) in [6.45, 7) is 13.8. The molecule has 0 heterocycles. The molecular weight excluding hydrogens is 373 g/mol. The van der Waals surface area contributed by atoms with Crippen molar-refractivity contribution in [3.8, 4) is 0 Å². The Kier molecular flexibility index (Phi) is 12.5. The summed E-state index contributed by atoms with van der Waals surface area (Å²) in [5.41, 5.74) is 0. The molecule has 0 rings (SSSR count). The second-order valence-corrected chi connectivity index (χ2v) is 13.2. The molecule has 3 atom stereocenters. The topological polar surface area (TPSA) is 39.7 Å². The van der Waals surface area contributed by atoms with Crippen LogP contribution in [0.15, 0.2) is 0 Å². The van der Waals surface area contributed by atoms with Gasteiger partial charge in [-0.2, -0.15) is 0 Å². The molecule has 21 heavy (non-hydrogen) atoms. The van der Waals surface area contributed by atoms with Gasteiger partial charge in [0, 0.05) is 0 Å². The van der Waals surface area contributed by atoms with Gasteiger partial charge in [0.2, 0.25) is 0 Å². The normalized spacial score (nSPS) is 19.0. The van der Waals surface area contributed by atoms with Crippen molar-refractivity contribution in [2.45, 2.75) is 90.0 Å². The van der Waals surface area contributed by atoms with Crippen LogP contribution in [0, 0.1) is 0 Å². The van der Waals surface area contributed by atoms with E-state index in [-0.39, 0.29) is 18.3 Å². The number of hydrogen-bond acceptors (Lipinski definition) is 4. The maximum atomic E-state index is 6.42. The second-order valence-electron chi connectivity index (χ2n) is 5.90. The van der Waals surface area contributed by atoms with Gasteiger partial charge in [-0.15, -0.1) is 0 Å². The fourth-order valence-corrected chi connectivity index (χ4v) is 11.8. The van der Waals surface area contributed by atoms with E-state index in [1.165, 1.54) is 0 Å². The van der Waals surface area contributed by atoms with E-state index in [4.69, 9.17) is 9.22 Å². The second kappa shape index (κ2) is 12.1. The van der Waals surface area contributed by atoms with Crippen molar-refractivity contribution >= 4 is 19.6 Å². The SMILES string of the molecule is CCC(C)[O][Sn]([CH2]CCNC)([O]C(C)CC)[O]C(C)CC. The van der Waals surface area contributed by atoms with Crippen LogP contribution in [0.4, 0.5) is 0 Å². The summed E-state index contributed by atoms with van der Waals surface area (Å²) in [6, 6.07) is 0. The Morgan fingerprint density at radius 2 is 1.19 bits per heavy atom. The molecule has 0 radical (unpaired) electrons. The molecule has 0 aliphatic rings. The van der Waals surface area contributed by atoms with Gasteiger partial charge in [0.05, 0.1) is 0 Å². The molecule has 0 aromatic rings.